The highest BCUT2D eigenvalue weighted by molar-refractivity contribution is 5.70. The number of unbranched alkanes of at least 4 members (excludes halogenated alkanes) is 1. The van der Waals surface area contributed by atoms with Crippen LogP contribution in [0.4, 0.5) is 0 Å². The van der Waals surface area contributed by atoms with Crippen LogP contribution in [0.15, 0.2) is 0 Å². The minimum Gasteiger partial charge on any atom is -0.465 e. The Morgan fingerprint density at radius 1 is 0.941 bits per heavy atom. The van der Waals surface area contributed by atoms with Crippen LogP contribution < -0.4 is 0 Å². The summed E-state index contributed by atoms with van der Waals surface area (Å²) in [5.41, 5.74) is 0. The van der Waals surface area contributed by atoms with E-state index in [0.717, 1.165) is 0 Å². The zero-order chi connectivity index (χ0) is 13.3. The third-order valence-corrected chi connectivity index (χ3v) is 1.96. The minimum atomic E-state index is -0.199. The molecule has 0 fully saturated rings. The molecule has 0 spiro atoms. The smallest absolute Gasteiger partial charge is 0.306 e. The molecule has 0 radical (unpaired) electrons. The molecule has 100 valence electrons. The van der Waals surface area contributed by atoms with Crippen molar-refractivity contribution in [3.63, 3.8) is 0 Å². The maximum absolute atomic E-state index is 11.2. The molecule has 0 aromatic heterocycles. The van der Waals surface area contributed by atoms with Gasteiger partial charge in [0, 0.05) is 12.8 Å². The Bertz CT molecular complexity index is 234. The number of carbonyl (C=O) groups is 2. The van der Waals surface area contributed by atoms with E-state index in [1.807, 2.05) is 27.7 Å². The Hall–Kier alpha value is -1.06. The molecule has 0 aliphatic carbocycles. The van der Waals surface area contributed by atoms with Gasteiger partial charge in [0.25, 0.3) is 0 Å². The number of esters is 2. The number of rotatable bonds is 8. The van der Waals surface area contributed by atoms with Crippen molar-refractivity contribution in [3.05, 3.63) is 0 Å². The first-order chi connectivity index (χ1) is 7.91. The van der Waals surface area contributed by atoms with Gasteiger partial charge in [0.15, 0.2) is 0 Å². The van der Waals surface area contributed by atoms with Gasteiger partial charge in [0.05, 0.1) is 12.7 Å². The Kier molecular flexibility index (Phi) is 8.46. The summed E-state index contributed by atoms with van der Waals surface area (Å²) in [5, 5.41) is 0. The minimum absolute atomic E-state index is 0.0708. The summed E-state index contributed by atoms with van der Waals surface area (Å²) in [6.07, 6.45) is 2.02. The summed E-state index contributed by atoms with van der Waals surface area (Å²) in [5.74, 6) is -0.0218. The van der Waals surface area contributed by atoms with Crippen molar-refractivity contribution in [1.29, 1.82) is 0 Å². The third-order valence-electron chi connectivity index (χ3n) is 1.96. The van der Waals surface area contributed by atoms with Crippen molar-refractivity contribution in [2.24, 2.45) is 5.92 Å². The van der Waals surface area contributed by atoms with E-state index in [4.69, 9.17) is 9.47 Å². The molecule has 0 N–H and O–H groups in total. The molecule has 0 saturated heterocycles. The second-order valence-corrected chi connectivity index (χ2v) is 4.82. The second-order valence-electron chi connectivity index (χ2n) is 4.82. The highest BCUT2D eigenvalue weighted by Crippen LogP contribution is 2.05. The molecule has 0 aliphatic heterocycles. The molecule has 17 heavy (non-hydrogen) atoms. The molecule has 0 heterocycles. The van der Waals surface area contributed by atoms with E-state index >= 15 is 0 Å². The van der Waals surface area contributed by atoms with Gasteiger partial charge < -0.3 is 9.47 Å². The van der Waals surface area contributed by atoms with Crippen LogP contribution >= 0.6 is 0 Å². The molecule has 4 nitrogen and oxygen atoms in total. The largest absolute Gasteiger partial charge is 0.465 e. The van der Waals surface area contributed by atoms with Crippen molar-refractivity contribution in [1.82, 2.24) is 0 Å². The van der Waals surface area contributed by atoms with E-state index in [-0.39, 0.29) is 18.0 Å². The van der Waals surface area contributed by atoms with E-state index in [0.29, 0.717) is 38.2 Å². The van der Waals surface area contributed by atoms with Crippen LogP contribution in [-0.4, -0.2) is 24.6 Å². The molecule has 0 aliphatic rings. The van der Waals surface area contributed by atoms with Gasteiger partial charge in [0.1, 0.15) is 0 Å². The van der Waals surface area contributed by atoms with Crippen LogP contribution in [0.1, 0.15) is 53.4 Å². The lowest BCUT2D eigenvalue weighted by Crippen LogP contribution is -2.12. The summed E-state index contributed by atoms with van der Waals surface area (Å²) in [6, 6.07) is 0. The van der Waals surface area contributed by atoms with Crippen molar-refractivity contribution >= 4 is 11.9 Å². The molecule has 0 aromatic carbocycles. The maximum Gasteiger partial charge on any atom is 0.306 e. The predicted octanol–water partition coefficient (Wildman–Crippen LogP) is 2.70. The Morgan fingerprint density at radius 3 is 1.94 bits per heavy atom. The first-order valence-corrected chi connectivity index (χ1v) is 6.27. The number of hydrogen-bond donors (Lipinski definition) is 0. The Balaban J connectivity index is 3.44. The van der Waals surface area contributed by atoms with E-state index < -0.39 is 0 Å². The van der Waals surface area contributed by atoms with Crippen molar-refractivity contribution < 1.29 is 19.1 Å². The summed E-state index contributed by atoms with van der Waals surface area (Å²) in [7, 11) is 0. The molecular formula is C13H24O4. The van der Waals surface area contributed by atoms with Gasteiger partial charge in [0.2, 0.25) is 0 Å². The summed E-state index contributed by atoms with van der Waals surface area (Å²) in [6.45, 7) is 8.10. The van der Waals surface area contributed by atoms with Crippen LogP contribution in [0, 0.1) is 5.92 Å². The first-order valence-electron chi connectivity index (χ1n) is 6.27. The summed E-state index contributed by atoms with van der Waals surface area (Å²) < 4.78 is 10.0. The van der Waals surface area contributed by atoms with Gasteiger partial charge in [-0.1, -0.05) is 13.8 Å². The molecule has 0 amide bonds. The van der Waals surface area contributed by atoms with Crippen LogP contribution in [0.2, 0.25) is 0 Å². The topological polar surface area (TPSA) is 52.6 Å². The summed E-state index contributed by atoms with van der Waals surface area (Å²) in [4.78, 5) is 22.4. The van der Waals surface area contributed by atoms with E-state index in [2.05, 4.69) is 0 Å². The highest BCUT2D eigenvalue weighted by atomic mass is 16.5. The van der Waals surface area contributed by atoms with Gasteiger partial charge in [-0.25, -0.2) is 0 Å². The quantitative estimate of drug-likeness (QED) is 0.486. The molecular weight excluding hydrogens is 220 g/mol. The van der Waals surface area contributed by atoms with E-state index in [1.54, 1.807) is 0 Å². The SMILES string of the molecule is CC(C)COC(=O)CCCCC(=O)OC(C)C. The first kappa shape index (κ1) is 15.9. The lowest BCUT2D eigenvalue weighted by Gasteiger charge is -2.08. The van der Waals surface area contributed by atoms with Gasteiger partial charge in [-0.2, -0.15) is 0 Å². The monoisotopic (exact) mass is 244 g/mol. The predicted molar refractivity (Wildman–Crippen MR) is 65.5 cm³/mol. The van der Waals surface area contributed by atoms with E-state index in [9.17, 15) is 9.59 Å². The molecule has 4 heteroatoms. The normalized spacial score (nSPS) is 10.7. The number of hydrogen-bond acceptors (Lipinski definition) is 4. The van der Waals surface area contributed by atoms with Gasteiger partial charge in [-0.05, 0) is 32.6 Å². The van der Waals surface area contributed by atoms with Crippen LogP contribution in [0.3, 0.4) is 0 Å². The molecule has 0 aromatic rings. The fourth-order valence-electron chi connectivity index (χ4n) is 1.19. The fraction of sp³-hybridized carbons (Fsp3) is 0.846. The molecule has 0 atom stereocenters. The number of ether oxygens (including phenoxy) is 2. The zero-order valence-electron chi connectivity index (χ0n) is 11.3. The maximum atomic E-state index is 11.2. The molecule has 0 unspecified atom stereocenters. The molecule has 0 saturated carbocycles. The number of carbonyl (C=O) groups excluding carboxylic acids is 2. The van der Waals surface area contributed by atoms with Gasteiger partial charge in [-0.15, -0.1) is 0 Å². The average molecular weight is 244 g/mol. The van der Waals surface area contributed by atoms with Crippen molar-refractivity contribution in [3.8, 4) is 0 Å². The Morgan fingerprint density at radius 2 is 1.47 bits per heavy atom. The summed E-state index contributed by atoms with van der Waals surface area (Å²) >= 11 is 0. The van der Waals surface area contributed by atoms with Gasteiger partial charge >= 0.3 is 11.9 Å². The van der Waals surface area contributed by atoms with Crippen LogP contribution in [0.25, 0.3) is 0 Å². The zero-order valence-corrected chi connectivity index (χ0v) is 11.3. The Labute approximate surface area is 104 Å². The second kappa shape index (κ2) is 9.02. The molecule has 0 rings (SSSR count). The van der Waals surface area contributed by atoms with Crippen molar-refractivity contribution in [2.75, 3.05) is 6.61 Å². The van der Waals surface area contributed by atoms with Gasteiger partial charge in [-0.3, -0.25) is 9.59 Å². The highest BCUT2D eigenvalue weighted by Gasteiger charge is 2.07. The van der Waals surface area contributed by atoms with E-state index in [1.165, 1.54) is 0 Å². The standard InChI is InChI=1S/C13H24O4/c1-10(2)9-16-12(14)7-5-6-8-13(15)17-11(3)4/h10-11H,5-9H2,1-4H3. The third kappa shape index (κ3) is 11.2. The van der Waals surface area contributed by atoms with Crippen LogP contribution in [0.5, 0.6) is 0 Å². The van der Waals surface area contributed by atoms with Crippen molar-refractivity contribution in [2.45, 2.75) is 59.5 Å². The molecule has 0 bridgehead atoms. The lowest BCUT2D eigenvalue weighted by molar-refractivity contribution is -0.148. The fourth-order valence-corrected chi connectivity index (χ4v) is 1.19. The average Bonchev–Trinajstić information content (AvgIpc) is 2.20. The van der Waals surface area contributed by atoms with Crippen LogP contribution in [-0.2, 0) is 19.1 Å². The lowest BCUT2D eigenvalue weighted by atomic mass is 10.2.